The lowest BCUT2D eigenvalue weighted by molar-refractivity contribution is 0.102. The molecule has 0 radical (unpaired) electrons. The molecule has 0 saturated carbocycles. The van der Waals surface area contributed by atoms with Crippen molar-refractivity contribution in [1.82, 2.24) is 10.3 Å². The van der Waals surface area contributed by atoms with E-state index in [1.165, 1.54) is 12.4 Å². The standard InChI is InChI=1S/C22H22Cl2N4O/c1-14-5-3-8-20(24)28-21(9-14)26-15(2)16-6-4-7-19(11-16)27-22(29)17-10-18(23)13-25-12-17/h3-4,6-15,26H,5H2,1-2H3,(H,27,29)/b8-3+,21-9-,28-20+/t14?,15-/m0/s1. The van der Waals surface area contributed by atoms with Crippen LogP contribution in [0.4, 0.5) is 5.69 Å². The first-order chi connectivity index (χ1) is 13.9. The van der Waals surface area contributed by atoms with Crippen molar-refractivity contribution in [3.05, 3.63) is 82.9 Å². The molecule has 5 nitrogen and oxygen atoms in total. The lowest BCUT2D eigenvalue weighted by atomic mass is 10.1. The van der Waals surface area contributed by atoms with Crippen molar-refractivity contribution in [2.75, 3.05) is 5.32 Å². The van der Waals surface area contributed by atoms with Crippen LogP contribution in [0.5, 0.6) is 0 Å². The molecule has 0 bridgehead atoms. The maximum absolute atomic E-state index is 12.4. The molecule has 1 aromatic heterocycles. The highest BCUT2D eigenvalue weighted by Gasteiger charge is 2.12. The van der Waals surface area contributed by atoms with Crippen LogP contribution in [-0.4, -0.2) is 16.1 Å². The van der Waals surface area contributed by atoms with Gasteiger partial charge in [-0.3, -0.25) is 9.78 Å². The lowest BCUT2D eigenvalue weighted by Gasteiger charge is -2.19. The van der Waals surface area contributed by atoms with Crippen LogP contribution >= 0.6 is 23.2 Å². The number of anilines is 1. The van der Waals surface area contributed by atoms with E-state index in [0.717, 1.165) is 17.8 Å². The predicted octanol–water partition coefficient (Wildman–Crippen LogP) is 5.71. The van der Waals surface area contributed by atoms with E-state index in [1.54, 1.807) is 6.07 Å². The number of halogens is 2. The zero-order valence-electron chi connectivity index (χ0n) is 16.2. The number of benzene rings is 1. The molecule has 1 unspecified atom stereocenters. The minimum absolute atomic E-state index is 0.0326. The summed E-state index contributed by atoms with van der Waals surface area (Å²) in [7, 11) is 0. The molecule has 1 aliphatic rings. The maximum atomic E-state index is 12.4. The van der Waals surface area contributed by atoms with E-state index in [9.17, 15) is 4.79 Å². The number of pyridine rings is 1. The molecule has 150 valence electrons. The van der Waals surface area contributed by atoms with Crippen LogP contribution in [0, 0.1) is 5.92 Å². The molecule has 0 spiro atoms. The van der Waals surface area contributed by atoms with Gasteiger partial charge >= 0.3 is 0 Å². The molecule has 2 heterocycles. The highest BCUT2D eigenvalue weighted by atomic mass is 35.5. The Bertz CT molecular complexity index is 984. The Hall–Kier alpha value is -2.63. The molecular weight excluding hydrogens is 407 g/mol. The summed E-state index contributed by atoms with van der Waals surface area (Å²) in [5.41, 5.74) is 2.09. The van der Waals surface area contributed by atoms with Crippen molar-refractivity contribution in [3.63, 3.8) is 0 Å². The first-order valence-corrected chi connectivity index (χ1v) is 10.1. The zero-order valence-corrected chi connectivity index (χ0v) is 17.7. The topological polar surface area (TPSA) is 66.4 Å². The van der Waals surface area contributed by atoms with E-state index in [0.29, 0.717) is 27.4 Å². The predicted molar refractivity (Wildman–Crippen MR) is 119 cm³/mol. The molecule has 2 N–H and O–H groups in total. The van der Waals surface area contributed by atoms with Crippen molar-refractivity contribution in [2.45, 2.75) is 26.3 Å². The molecule has 7 heteroatoms. The summed E-state index contributed by atoms with van der Waals surface area (Å²) in [5, 5.41) is 7.14. The number of hydrogen-bond acceptors (Lipinski definition) is 4. The maximum Gasteiger partial charge on any atom is 0.257 e. The molecule has 29 heavy (non-hydrogen) atoms. The third-order valence-electron chi connectivity index (χ3n) is 4.41. The molecule has 0 saturated heterocycles. The fourth-order valence-corrected chi connectivity index (χ4v) is 3.27. The van der Waals surface area contributed by atoms with Gasteiger partial charge in [-0.2, -0.15) is 0 Å². The van der Waals surface area contributed by atoms with Crippen LogP contribution in [0.3, 0.4) is 0 Å². The van der Waals surface area contributed by atoms with Gasteiger partial charge in [-0.1, -0.05) is 48.3 Å². The van der Waals surface area contributed by atoms with E-state index < -0.39 is 0 Å². The van der Waals surface area contributed by atoms with Crippen LogP contribution in [0.25, 0.3) is 0 Å². The number of carbonyl (C=O) groups is 1. The Morgan fingerprint density at radius 3 is 2.86 bits per heavy atom. The number of nitrogens with zero attached hydrogens (tertiary/aromatic N) is 2. The quantitative estimate of drug-likeness (QED) is 0.640. The van der Waals surface area contributed by atoms with Crippen molar-refractivity contribution >= 4 is 40.0 Å². The van der Waals surface area contributed by atoms with Gasteiger partial charge in [-0.05, 0) is 55.2 Å². The second-order valence-corrected chi connectivity index (χ2v) is 7.76. The first-order valence-electron chi connectivity index (χ1n) is 9.31. The minimum Gasteiger partial charge on any atom is -0.364 e. The second-order valence-electron chi connectivity index (χ2n) is 6.94. The van der Waals surface area contributed by atoms with Gasteiger partial charge in [0, 0.05) is 18.1 Å². The summed E-state index contributed by atoms with van der Waals surface area (Å²) < 4.78 is 0. The number of amides is 1. The Labute approximate surface area is 180 Å². The SMILES string of the molecule is CC1\C=C(N[C@@H](C)c2cccc(NC(=O)c3cncc(Cl)c3)c2)/N=C(Cl)\C=C\C1. The molecule has 0 fully saturated rings. The van der Waals surface area contributed by atoms with Crippen molar-refractivity contribution in [3.8, 4) is 0 Å². The average molecular weight is 429 g/mol. The molecule has 3 rings (SSSR count). The van der Waals surface area contributed by atoms with Crippen LogP contribution in [0.2, 0.25) is 5.02 Å². The average Bonchev–Trinajstić information content (AvgIpc) is 2.67. The number of rotatable bonds is 5. The molecular formula is C22H22Cl2N4O. The number of allylic oxidation sites excluding steroid dienone is 3. The summed E-state index contributed by atoms with van der Waals surface area (Å²) in [5.74, 6) is 0.822. The van der Waals surface area contributed by atoms with Crippen molar-refractivity contribution < 1.29 is 4.79 Å². The zero-order chi connectivity index (χ0) is 20.8. The van der Waals surface area contributed by atoms with Gasteiger partial charge in [0.15, 0.2) is 0 Å². The lowest BCUT2D eigenvalue weighted by Crippen LogP contribution is -2.19. The van der Waals surface area contributed by atoms with E-state index in [2.05, 4.69) is 33.6 Å². The van der Waals surface area contributed by atoms with Gasteiger partial charge in [-0.15, -0.1) is 0 Å². The Balaban J connectivity index is 1.73. The van der Waals surface area contributed by atoms with Gasteiger partial charge in [-0.25, -0.2) is 4.99 Å². The Morgan fingerprint density at radius 2 is 2.07 bits per heavy atom. The van der Waals surface area contributed by atoms with E-state index in [4.69, 9.17) is 23.2 Å². The fraction of sp³-hybridized carbons (Fsp3) is 0.227. The third-order valence-corrected chi connectivity index (χ3v) is 4.83. The largest absolute Gasteiger partial charge is 0.364 e. The number of carbonyl (C=O) groups excluding carboxylic acids is 1. The molecule has 1 amide bonds. The molecule has 0 aliphatic carbocycles. The van der Waals surface area contributed by atoms with Gasteiger partial charge in [0.2, 0.25) is 0 Å². The van der Waals surface area contributed by atoms with Crippen LogP contribution in [-0.2, 0) is 0 Å². The Kier molecular flexibility index (Phi) is 7.07. The summed E-state index contributed by atoms with van der Waals surface area (Å²) >= 11 is 12.1. The van der Waals surface area contributed by atoms with Crippen LogP contribution in [0.15, 0.2) is 71.8 Å². The van der Waals surface area contributed by atoms with Gasteiger partial charge in [0.1, 0.15) is 11.0 Å². The van der Waals surface area contributed by atoms with Gasteiger partial charge in [0.05, 0.1) is 16.6 Å². The Morgan fingerprint density at radius 1 is 1.24 bits per heavy atom. The number of nitrogens with one attached hydrogen (secondary N) is 2. The molecule has 1 aromatic carbocycles. The minimum atomic E-state index is -0.266. The summed E-state index contributed by atoms with van der Waals surface area (Å²) in [6.07, 6.45) is 9.79. The van der Waals surface area contributed by atoms with E-state index >= 15 is 0 Å². The summed E-state index contributed by atoms with van der Waals surface area (Å²) in [6, 6.07) is 9.19. The molecule has 2 aromatic rings. The third kappa shape index (κ3) is 6.17. The number of aromatic nitrogens is 1. The van der Waals surface area contributed by atoms with Crippen molar-refractivity contribution in [1.29, 1.82) is 0 Å². The smallest absolute Gasteiger partial charge is 0.257 e. The van der Waals surface area contributed by atoms with E-state index in [1.807, 2.05) is 43.3 Å². The molecule has 2 atom stereocenters. The summed E-state index contributed by atoms with van der Waals surface area (Å²) in [4.78, 5) is 20.8. The van der Waals surface area contributed by atoms with Crippen molar-refractivity contribution in [2.24, 2.45) is 10.9 Å². The van der Waals surface area contributed by atoms with Gasteiger partial charge < -0.3 is 10.6 Å². The highest BCUT2D eigenvalue weighted by Crippen LogP contribution is 2.21. The second kappa shape index (κ2) is 9.72. The molecule has 1 aliphatic heterocycles. The fourth-order valence-electron chi connectivity index (χ4n) is 2.92. The normalized spacial score (nSPS) is 22.1. The van der Waals surface area contributed by atoms with E-state index in [-0.39, 0.29) is 11.9 Å². The highest BCUT2D eigenvalue weighted by molar-refractivity contribution is 6.68. The summed E-state index contributed by atoms with van der Waals surface area (Å²) in [6.45, 7) is 4.16. The van der Waals surface area contributed by atoms with Gasteiger partial charge in [0.25, 0.3) is 5.91 Å². The monoisotopic (exact) mass is 428 g/mol. The number of aliphatic imine (C=N–C) groups is 1. The number of hydrogen-bond donors (Lipinski definition) is 2. The first kappa shape index (κ1) is 21.1. The van der Waals surface area contributed by atoms with Crippen LogP contribution in [0.1, 0.15) is 42.2 Å². The van der Waals surface area contributed by atoms with Crippen LogP contribution < -0.4 is 10.6 Å².